The highest BCUT2D eigenvalue weighted by atomic mass is 15.3. The van der Waals surface area contributed by atoms with Gasteiger partial charge in [-0.05, 0) is 58.5 Å². The molecule has 0 saturated heterocycles. The van der Waals surface area contributed by atoms with Crippen molar-refractivity contribution in [3.8, 4) is 44.8 Å². The summed E-state index contributed by atoms with van der Waals surface area (Å²) in [5, 5.41) is 2.34. The molecule has 0 aliphatic carbocycles. The SMILES string of the molecule is c1ccc(-c2cc3c4c(cccc4c2)N(c2nc(-c4ccccc4)cc(-c4ccccc4)n2)c2ncccc2-3)cc1. The Kier molecular flexibility index (Phi) is 5.42. The summed E-state index contributed by atoms with van der Waals surface area (Å²) in [4.78, 5) is 17.3. The van der Waals surface area contributed by atoms with Gasteiger partial charge in [0.1, 0.15) is 5.82 Å². The summed E-state index contributed by atoms with van der Waals surface area (Å²) >= 11 is 0. The molecule has 1 aliphatic heterocycles. The first kappa shape index (κ1) is 23.3. The van der Waals surface area contributed by atoms with Crippen LogP contribution in [0.1, 0.15) is 0 Å². The van der Waals surface area contributed by atoms with Gasteiger partial charge in [0.2, 0.25) is 5.95 Å². The number of nitrogens with zero attached hydrogens (tertiary/aromatic N) is 4. The molecule has 0 amide bonds. The Hall–Kier alpha value is -5.61. The smallest absolute Gasteiger partial charge is 0.237 e. The summed E-state index contributed by atoms with van der Waals surface area (Å²) in [5.74, 6) is 1.41. The van der Waals surface area contributed by atoms with Gasteiger partial charge in [-0.25, -0.2) is 15.0 Å². The van der Waals surface area contributed by atoms with Crippen molar-refractivity contribution in [3.63, 3.8) is 0 Å². The molecule has 0 fully saturated rings. The van der Waals surface area contributed by atoms with E-state index in [4.69, 9.17) is 15.0 Å². The van der Waals surface area contributed by atoms with E-state index < -0.39 is 0 Å². The minimum absolute atomic E-state index is 0.593. The van der Waals surface area contributed by atoms with E-state index in [1.54, 1.807) is 0 Å². The zero-order chi connectivity index (χ0) is 27.2. The average molecular weight is 525 g/mol. The van der Waals surface area contributed by atoms with Gasteiger partial charge in [0.25, 0.3) is 0 Å². The molecular weight excluding hydrogens is 500 g/mol. The average Bonchev–Trinajstić information content (AvgIpc) is 3.06. The van der Waals surface area contributed by atoms with Gasteiger partial charge in [-0.2, -0.15) is 0 Å². The fourth-order valence-electron chi connectivity index (χ4n) is 5.75. The van der Waals surface area contributed by atoms with E-state index in [1.165, 1.54) is 27.5 Å². The van der Waals surface area contributed by atoms with E-state index in [9.17, 15) is 0 Å². The van der Waals surface area contributed by atoms with E-state index >= 15 is 0 Å². The van der Waals surface area contributed by atoms with Crippen molar-refractivity contribution in [2.45, 2.75) is 0 Å². The molecule has 2 aromatic heterocycles. The molecule has 7 aromatic rings. The first-order chi connectivity index (χ1) is 20.3. The monoisotopic (exact) mass is 524 g/mol. The van der Waals surface area contributed by atoms with Crippen LogP contribution < -0.4 is 4.90 Å². The summed E-state index contributed by atoms with van der Waals surface area (Å²) < 4.78 is 0. The molecule has 4 heteroatoms. The lowest BCUT2D eigenvalue weighted by molar-refractivity contribution is 1.06. The Morgan fingerprint density at radius 2 is 1.10 bits per heavy atom. The Labute approximate surface area is 238 Å². The maximum Gasteiger partial charge on any atom is 0.237 e. The summed E-state index contributed by atoms with van der Waals surface area (Å²) in [7, 11) is 0. The van der Waals surface area contributed by atoms with Crippen molar-refractivity contribution in [1.29, 1.82) is 0 Å². The van der Waals surface area contributed by atoms with Crippen molar-refractivity contribution in [1.82, 2.24) is 15.0 Å². The van der Waals surface area contributed by atoms with E-state index in [0.29, 0.717) is 5.95 Å². The molecule has 1 aliphatic rings. The van der Waals surface area contributed by atoms with Crippen molar-refractivity contribution in [2.75, 3.05) is 4.90 Å². The van der Waals surface area contributed by atoms with Crippen LogP contribution in [-0.4, -0.2) is 15.0 Å². The third kappa shape index (κ3) is 3.97. The quantitative estimate of drug-likeness (QED) is 0.230. The molecule has 4 nitrogen and oxygen atoms in total. The highest BCUT2D eigenvalue weighted by Crippen LogP contribution is 2.50. The fraction of sp³-hybridized carbons (Fsp3) is 0. The number of rotatable bonds is 4. The summed E-state index contributed by atoms with van der Waals surface area (Å²) in [5.41, 5.74) is 9.43. The molecule has 0 N–H and O–H groups in total. The predicted octanol–water partition coefficient (Wildman–Crippen LogP) is 9.48. The lowest BCUT2D eigenvalue weighted by atomic mass is 9.89. The normalized spacial score (nSPS) is 11.9. The van der Waals surface area contributed by atoms with E-state index in [2.05, 4.69) is 102 Å². The minimum atomic E-state index is 0.593. The van der Waals surface area contributed by atoms with Crippen LogP contribution in [-0.2, 0) is 0 Å². The second-order valence-corrected chi connectivity index (χ2v) is 10.1. The molecule has 0 bridgehead atoms. The maximum absolute atomic E-state index is 5.15. The van der Waals surface area contributed by atoms with Crippen LogP contribution in [0.5, 0.6) is 0 Å². The van der Waals surface area contributed by atoms with Gasteiger partial charge in [-0.1, -0.05) is 103 Å². The molecule has 0 saturated carbocycles. The maximum atomic E-state index is 5.15. The van der Waals surface area contributed by atoms with Crippen molar-refractivity contribution < 1.29 is 0 Å². The zero-order valence-corrected chi connectivity index (χ0v) is 22.1. The van der Waals surface area contributed by atoms with Crippen molar-refractivity contribution in [3.05, 3.63) is 146 Å². The Bertz CT molecular complexity index is 1980. The van der Waals surface area contributed by atoms with Crippen LogP contribution in [0.4, 0.5) is 17.5 Å². The number of hydrogen-bond donors (Lipinski definition) is 0. The van der Waals surface area contributed by atoms with Gasteiger partial charge in [-0.15, -0.1) is 0 Å². The van der Waals surface area contributed by atoms with Crippen LogP contribution in [0, 0.1) is 0 Å². The second kappa shape index (κ2) is 9.54. The van der Waals surface area contributed by atoms with Gasteiger partial charge in [0.05, 0.1) is 17.1 Å². The standard InChI is InChI=1S/C37H24N4/c1-4-12-25(13-5-1)29-22-28-18-10-20-34-35(28)31(23-29)30-19-11-21-38-36(30)41(34)37-39-32(26-14-6-2-7-15-26)24-33(40-37)27-16-8-3-9-17-27/h1-24H. The molecule has 3 heterocycles. The van der Waals surface area contributed by atoms with E-state index in [1.807, 2.05) is 48.7 Å². The highest BCUT2D eigenvalue weighted by Gasteiger charge is 2.29. The third-order valence-corrected chi connectivity index (χ3v) is 7.65. The number of hydrogen-bond acceptors (Lipinski definition) is 4. The lowest BCUT2D eigenvalue weighted by Crippen LogP contribution is -2.19. The van der Waals surface area contributed by atoms with Crippen LogP contribution in [0.2, 0.25) is 0 Å². The summed E-state index contributed by atoms with van der Waals surface area (Å²) in [6.45, 7) is 0. The lowest BCUT2D eigenvalue weighted by Gasteiger charge is -2.31. The van der Waals surface area contributed by atoms with Crippen LogP contribution in [0.15, 0.2) is 146 Å². The predicted molar refractivity (Wildman–Crippen MR) is 167 cm³/mol. The van der Waals surface area contributed by atoms with Gasteiger partial charge >= 0.3 is 0 Å². The number of pyridine rings is 1. The molecule has 5 aromatic carbocycles. The van der Waals surface area contributed by atoms with Gasteiger partial charge in [-0.3, -0.25) is 4.90 Å². The molecule has 8 rings (SSSR count). The zero-order valence-electron chi connectivity index (χ0n) is 22.1. The first-order valence-electron chi connectivity index (χ1n) is 13.7. The molecule has 0 atom stereocenters. The minimum Gasteiger partial charge on any atom is -0.262 e. The second-order valence-electron chi connectivity index (χ2n) is 10.1. The topological polar surface area (TPSA) is 41.9 Å². The number of benzene rings is 5. The van der Waals surface area contributed by atoms with Gasteiger partial charge < -0.3 is 0 Å². The van der Waals surface area contributed by atoms with Crippen molar-refractivity contribution >= 4 is 28.2 Å². The number of fused-ring (bicyclic) bond motifs is 2. The Morgan fingerprint density at radius 3 is 1.76 bits per heavy atom. The van der Waals surface area contributed by atoms with Crippen LogP contribution >= 0.6 is 0 Å². The third-order valence-electron chi connectivity index (χ3n) is 7.65. The summed E-state index contributed by atoms with van der Waals surface area (Å²) in [6, 6.07) is 48.3. The Morgan fingerprint density at radius 1 is 0.463 bits per heavy atom. The van der Waals surface area contributed by atoms with Gasteiger partial charge in [0, 0.05) is 28.3 Å². The van der Waals surface area contributed by atoms with Gasteiger partial charge in [0.15, 0.2) is 0 Å². The van der Waals surface area contributed by atoms with Crippen LogP contribution in [0.3, 0.4) is 0 Å². The van der Waals surface area contributed by atoms with Crippen LogP contribution in [0.25, 0.3) is 55.5 Å². The number of aromatic nitrogens is 3. The molecular formula is C37H24N4. The molecule has 192 valence electrons. The fourth-order valence-corrected chi connectivity index (χ4v) is 5.75. The summed E-state index contributed by atoms with van der Waals surface area (Å²) in [6.07, 6.45) is 1.84. The largest absolute Gasteiger partial charge is 0.262 e. The molecule has 0 spiro atoms. The van der Waals surface area contributed by atoms with Crippen molar-refractivity contribution in [2.24, 2.45) is 0 Å². The molecule has 0 radical (unpaired) electrons. The van der Waals surface area contributed by atoms with E-state index in [-0.39, 0.29) is 0 Å². The first-order valence-corrected chi connectivity index (χ1v) is 13.7. The Balaban J connectivity index is 1.41. The number of anilines is 3. The van der Waals surface area contributed by atoms with E-state index in [0.717, 1.165) is 39.6 Å². The molecule has 41 heavy (non-hydrogen) atoms. The highest BCUT2D eigenvalue weighted by molar-refractivity contribution is 6.14. The molecule has 0 unspecified atom stereocenters.